The van der Waals surface area contributed by atoms with Crippen LogP contribution in [0.25, 0.3) is 0 Å². The summed E-state index contributed by atoms with van der Waals surface area (Å²) in [6, 6.07) is 17.3. The number of nitrogens with zero attached hydrogens (tertiary/aromatic N) is 1. The molecule has 8 nitrogen and oxygen atoms in total. The van der Waals surface area contributed by atoms with Gasteiger partial charge in [0.05, 0.1) is 19.4 Å². The molecule has 0 spiro atoms. The quantitative estimate of drug-likeness (QED) is 0.237. The number of hydrazone groups is 1. The highest BCUT2D eigenvalue weighted by Crippen LogP contribution is 2.29. The van der Waals surface area contributed by atoms with Gasteiger partial charge in [-0.25, -0.2) is 5.43 Å². The Labute approximate surface area is 221 Å². The summed E-state index contributed by atoms with van der Waals surface area (Å²) in [4.78, 5) is 25.0. The number of nitrogens with one attached hydrogen (secondary N) is 2. The van der Waals surface area contributed by atoms with E-state index in [1.807, 2.05) is 39.0 Å². The van der Waals surface area contributed by atoms with E-state index >= 15 is 0 Å². The Morgan fingerprint density at radius 1 is 0.946 bits per heavy atom. The van der Waals surface area contributed by atoms with Gasteiger partial charge in [-0.15, -0.1) is 0 Å². The van der Waals surface area contributed by atoms with Crippen molar-refractivity contribution in [2.45, 2.75) is 27.2 Å². The second-order valence-corrected chi connectivity index (χ2v) is 8.47. The first kappa shape index (κ1) is 27.5. The van der Waals surface area contributed by atoms with Crippen molar-refractivity contribution in [3.63, 3.8) is 0 Å². The van der Waals surface area contributed by atoms with Crippen LogP contribution in [0.1, 0.15) is 41.8 Å². The highest BCUT2D eigenvalue weighted by atomic mass is 35.5. The fraction of sp³-hybridized carbons (Fsp3) is 0.250. The molecule has 3 aromatic rings. The molecule has 0 fully saturated rings. The summed E-state index contributed by atoms with van der Waals surface area (Å²) in [6.45, 7) is 6.59. The zero-order valence-corrected chi connectivity index (χ0v) is 21.8. The van der Waals surface area contributed by atoms with Gasteiger partial charge >= 0.3 is 0 Å². The number of hydrogen-bond donors (Lipinski definition) is 2. The first-order valence-electron chi connectivity index (χ1n) is 11.9. The van der Waals surface area contributed by atoms with Gasteiger partial charge in [-0.1, -0.05) is 30.7 Å². The molecule has 0 saturated heterocycles. The molecule has 3 rings (SSSR count). The maximum absolute atomic E-state index is 12.6. The summed E-state index contributed by atoms with van der Waals surface area (Å²) in [5.74, 6) is 0.713. The molecule has 0 aliphatic carbocycles. The molecule has 9 heteroatoms. The van der Waals surface area contributed by atoms with Gasteiger partial charge in [0.15, 0.2) is 18.1 Å². The van der Waals surface area contributed by atoms with Crippen LogP contribution in [0.3, 0.4) is 0 Å². The second-order valence-electron chi connectivity index (χ2n) is 8.03. The van der Waals surface area contributed by atoms with Crippen LogP contribution >= 0.6 is 11.6 Å². The van der Waals surface area contributed by atoms with Crippen molar-refractivity contribution < 1.29 is 23.8 Å². The molecular weight excluding hydrogens is 494 g/mol. The minimum Gasteiger partial charge on any atom is -0.490 e. The van der Waals surface area contributed by atoms with Gasteiger partial charge in [0, 0.05) is 21.8 Å². The number of hydrogen-bond acceptors (Lipinski definition) is 6. The Morgan fingerprint density at radius 3 is 2.51 bits per heavy atom. The van der Waals surface area contributed by atoms with E-state index in [4.69, 9.17) is 25.8 Å². The third-order valence-corrected chi connectivity index (χ3v) is 5.20. The van der Waals surface area contributed by atoms with Crippen LogP contribution in [0.4, 0.5) is 5.69 Å². The van der Waals surface area contributed by atoms with E-state index < -0.39 is 5.91 Å². The highest BCUT2D eigenvalue weighted by molar-refractivity contribution is 6.30. The molecule has 37 heavy (non-hydrogen) atoms. The van der Waals surface area contributed by atoms with Gasteiger partial charge in [0.25, 0.3) is 11.8 Å². The summed E-state index contributed by atoms with van der Waals surface area (Å²) < 4.78 is 17.0. The van der Waals surface area contributed by atoms with Crippen LogP contribution in [0.2, 0.25) is 5.02 Å². The van der Waals surface area contributed by atoms with Crippen molar-refractivity contribution in [1.82, 2.24) is 5.43 Å². The number of halogens is 1. The molecular formula is C28H30ClN3O5. The van der Waals surface area contributed by atoms with Gasteiger partial charge in [-0.3, -0.25) is 9.59 Å². The lowest BCUT2D eigenvalue weighted by molar-refractivity contribution is -0.118. The standard InChI is InChI=1S/C28H30ClN3O5/c1-4-13-36-25-11-9-20(16-26(25)35-5-2)28(34)32-30-17-21-15-22(29)10-12-24(21)37-18-27(33)31-23-8-6-7-19(3)14-23/h6-12,14-17H,4-5,13,18H2,1-3H3,(H,31,33)(H,32,34)/b30-17+. The predicted molar refractivity (Wildman–Crippen MR) is 145 cm³/mol. The summed E-state index contributed by atoms with van der Waals surface area (Å²) in [5.41, 5.74) is 5.06. The Hall–Kier alpha value is -4.04. The highest BCUT2D eigenvalue weighted by Gasteiger charge is 2.12. The summed E-state index contributed by atoms with van der Waals surface area (Å²) >= 11 is 6.13. The molecule has 3 aromatic carbocycles. The van der Waals surface area contributed by atoms with E-state index in [9.17, 15) is 9.59 Å². The minimum absolute atomic E-state index is 0.213. The number of carbonyl (C=O) groups excluding carboxylic acids is 2. The average Bonchev–Trinajstić information content (AvgIpc) is 2.87. The number of rotatable bonds is 12. The molecule has 2 amide bonds. The van der Waals surface area contributed by atoms with Crippen LogP contribution < -0.4 is 25.0 Å². The third kappa shape index (κ3) is 8.54. The van der Waals surface area contributed by atoms with Gasteiger partial charge in [-0.05, 0) is 74.4 Å². The second kappa shape index (κ2) is 13.9. The molecule has 0 heterocycles. The molecule has 0 bridgehead atoms. The van der Waals surface area contributed by atoms with Crippen LogP contribution in [-0.4, -0.2) is 37.8 Å². The zero-order chi connectivity index (χ0) is 26.6. The van der Waals surface area contributed by atoms with Gasteiger partial charge < -0.3 is 19.5 Å². The van der Waals surface area contributed by atoms with E-state index in [0.29, 0.717) is 52.3 Å². The fourth-order valence-corrected chi connectivity index (χ4v) is 3.47. The number of aryl methyl sites for hydroxylation is 1. The van der Waals surface area contributed by atoms with Crippen molar-refractivity contribution in [3.8, 4) is 17.2 Å². The molecule has 0 radical (unpaired) electrons. The van der Waals surface area contributed by atoms with Crippen LogP contribution in [0.15, 0.2) is 65.8 Å². The summed E-state index contributed by atoms with van der Waals surface area (Å²) in [5, 5.41) is 7.28. The Kier molecular flexibility index (Phi) is 10.3. The first-order valence-corrected chi connectivity index (χ1v) is 12.3. The summed E-state index contributed by atoms with van der Waals surface area (Å²) in [7, 11) is 0. The van der Waals surface area contributed by atoms with Gasteiger partial charge in [0.1, 0.15) is 5.75 Å². The Morgan fingerprint density at radius 2 is 1.76 bits per heavy atom. The van der Waals surface area contributed by atoms with E-state index in [1.54, 1.807) is 42.5 Å². The molecule has 0 atom stereocenters. The van der Waals surface area contributed by atoms with E-state index in [1.165, 1.54) is 6.21 Å². The lowest BCUT2D eigenvalue weighted by Gasteiger charge is -2.12. The number of ether oxygens (including phenoxy) is 3. The average molecular weight is 524 g/mol. The van der Waals surface area contributed by atoms with Crippen molar-refractivity contribution in [2.75, 3.05) is 25.1 Å². The minimum atomic E-state index is -0.429. The Bertz CT molecular complexity index is 1260. The van der Waals surface area contributed by atoms with Crippen LogP contribution in [0.5, 0.6) is 17.2 Å². The van der Waals surface area contributed by atoms with Gasteiger partial charge in [0.2, 0.25) is 0 Å². The monoisotopic (exact) mass is 523 g/mol. The molecule has 0 aliphatic rings. The smallest absolute Gasteiger partial charge is 0.271 e. The zero-order valence-electron chi connectivity index (χ0n) is 21.0. The Balaban J connectivity index is 1.64. The van der Waals surface area contributed by atoms with Crippen molar-refractivity contribution in [1.29, 1.82) is 0 Å². The number of carbonyl (C=O) groups is 2. The van der Waals surface area contributed by atoms with Gasteiger partial charge in [-0.2, -0.15) is 5.10 Å². The normalized spacial score (nSPS) is 10.7. The number of anilines is 1. The number of amides is 2. The molecule has 194 valence electrons. The lowest BCUT2D eigenvalue weighted by Crippen LogP contribution is -2.20. The topological polar surface area (TPSA) is 98.3 Å². The van der Waals surface area contributed by atoms with Crippen molar-refractivity contribution >= 4 is 35.3 Å². The number of benzene rings is 3. The fourth-order valence-electron chi connectivity index (χ4n) is 3.29. The molecule has 0 aromatic heterocycles. The summed E-state index contributed by atoms with van der Waals surface area (Å²) in [6.07, 6.45) is 2.26. The van der Waals surface area contributed by atoms with Crippen LogP contribution in [0, 0.1) is 6.92 Å². The molecule has 0 unspecified atom stereocenters. The van der Waals surface area contributed by atoms with Crippen LogP contribution in [-0.2, 0) is 4.79 Å². The lowest BCUT2D eigenvalue weighted by atomic mass is 10.2. The molecule has 0 aliphatic heterocycles. The van der Waals surface area contributed by atoms with E-state index in [0.717, 1.165) is 12.0 Å². The third-order valence-electron chi connectivity index (χ3n) is 4.97. The molecule has 0 saturated carbocycles. The SMILES string of the molecule is CCCOc1ccc(C(=O)N/N=C/c2cc(Cl)ccc2OCC(=O)Nc2cccc(C)c2)cc1OCC. The maximum Gasteiger partial charge on any atom is 0.271 e. The molecule has 2 N–H and O–H groups in total. The maximum atomic E-state index is 12.6. The van der Waals surface area contributed by atoms with Crippen molar-refractivity contribution in [2.24, 2.45) is 5.10 Å². The van der Waals surface area contributed by atoms with E-state index in [-0.39, 0.29) is 12.5 Å². The largest absolute Gasteiger partial charge is 0.490 e. The first-order chi connectivity index (χ1) is 17.9. The van der Waals surface area contributed by atoms with E-state index in [2.05, 4.69) is 15.8 Å². The van der Waals surface area contributed by atoms with Crippen molar-refractivity contribution in [3.05, 3.63) is 82.4 Å². The predicted octanol–water partition coefficient (Wildman–Crippen LogP) is 5.62.